The van der Waals surface area contributed by atoms with Crippen molar-refractivity contribution >= 4 is 23.2 Å². The van der Waals surface area contributed by atoms with Crippen molar-refractivity contribution in [3.05, 3.63) is 33.5 Å². The lowest BCUT2D eigenvalue weighted by Crippen LogP contribution is -2.30. The molecule has 22 heavy (non-hydrogen) atoms. The Kier molecular flexibility index (Phi) is 3.82. The molecule has 0 bridgehead atoms. The van der Waals surface area contributed by atoms with E-state index >= 15 is 0 Å². The molecular weight excluding hydrogens is 300 g/mol. The van der Waals surface area contributed by atoms with Crippen LogP contribution in [0.1, 0.15) is 27.6 Å². The lowest BCUT2D eigenvalue weighted by Gasteiger charge is -2.14. The Morgan fingerprint density at radius 2 is 2.14 bits per heavy atom. The van der Waals surface area contributed by atoms with Gasteiger partial charge in [-0.2, -0.15) is 5.10 Å². The van der Waals surface area contributed by atoms with Crippen LogP contribution in [0.2, 0.25) is 0 Å². The Morgan fingerprint density at radius 1 is 1.36 bits per heavy atom. The lowest BCUT2D eigenvalue weighted by molar-refractivity contribution is -0.140. The number of nitrogens with zero attached hydrogens (tertiary/aromatic N) is 4. The fourth-order valence-corrected chi connectivity index (χ4v) is 3.73. The van der Waals surface area contributed by atoms with Crippen LogP contribution >= 0.6 is 11.3 Å². The highest BCUT2D eigenvalue weighted by molar-refractivity contribution is 7.11. The molecule has 1 atom stereocenters. The number of hydrogen-bond donors (Lipinski definition) is 0. The molecule has 0 aliphatic carbocycles. The Bertz CT molecular complexity index is 734. The Hall–Kier alpha value is -2.02. The number of carbonyl (C=O) groups is 2. The third-order valence-corrected chi connectivity index (χ3v) is 4.94. The standard InChI is InChI=1S/C15H18N4O2S/c1-9-13(22-10(2)17-9)8-19-14(20)5-12(15(19)21)4-11-6-16-18(3)7-11/h6-7,12H,4-5,8H2,1-3H3/t12-/m0/s1. The van der Waals surface area contributed by atoms with Gasteiger partial charge in [-0.3, -0.25) is 19.2 Å². The summed E-state index contributed by atoms with van der Waals surface area (Å²) in [7, 11) is 1.84. The van der Waals surface area contributed by atoms with E-state index in [1.54, 1.807) is 22.2 Å². The fraction of sp³-hybridized carbons (Fsp3) is 0.467. The van der Waals surface area contributed by atoms with Crippen LogP contribution in [0.5, 0.6) is 0 Å². The second-order valence-corrected chi connectivity index (χ2v) is 6.97. The van der Waals surface area contributed by atoms with Crippen molar-refractivity contribution in [1.29, 1.82) is 0 Å². The molecule has 1 aliphatic heterocycles. The van der Waals surface area contributed by atoms with Crippen LogP contribution in [0.15, 0.2) is 12.4 Å². The van der Waals surface area contributed by atoms with Crippen LogP contribution in [0.4, 0.5) is 0 Å². The van der Waals surface area contributed by atoms with E-state index in [0.29, 0.717) is 13.0 Å². The van der Waals surface area contributed by atoms with Gasteiger partial charge in [-0.05, 0) is 25.8 Å². The van der Waals surface area contributed by atoms with Crippen molar-refractivity contribution in [2.24, 2.45) is 13.0 Å². The monoisotopic (exact) mass is 318 g/mol. The zero-order valence-electron chi connectivity index (χ0n) is 12.9. The van der Waals surface area contributed by atoms with E-state index in [9.17, 15) is 9.59 Å². The van der Waals surface area contributed by atoms with Crippen LogP contribution in [-0.2, 0) is 29.6 Å². The van der Waals surface area contributed by atoms with Crippen LogP contribution in [0, 0.1) is 19.8 Å². The average molecular weight is 318 g/mol. The Labute approximate surface area is 132 Å². The lowest BCUT2D eigenvalue weighted by atomic mass is 10.0. The summed E-state index contributed by atoms with van der Waals surface area (Å²) in [6.45, 7) is 4.19. The summed E-state index contributed by atoms with van der Waals surface area (Å²) in [5, 5.41) is 5.06. The predicted octanol–water partition coefficient (Wildman–Crippen LogP) is 1.61. The summed E-state index contributed by atoms with van der Waals surface area (Å²) in [5.41, 5.74) is 1.89. The minimum Gasteiger partial charge on any atom is -0.277 e. The normalized spacial score (nSPS) is 18.5. The molecule has 2 amide bonds. The minimum absolute atomic E-state index is 0.0840. The molecule has 2 aromatic rings. The van der Waals surface area contributed by atoms with Crippen LogP contribution in [-0.4, -0.2) is 31.5 Å². The van der Waals surface area contributed by atoms with Gasteiger partial charge in [0.2, 0.25) is 11.8 Å². The molecule has 0 N–H and O–H groups in total. The van der Waals surface area contributed by atoms with E-state index < -0.39 is 0 Å². The zero-order valence-corrected chi connectivity index (χ0v) is 13.7. The number of aromatic nitrogens is 3. The number of thiazole rings is 1. The van der Waals surface area contributed by atoms with Gasteiger partial charge in [-0.25, -0.2) is 4.98 Å². The molecule has 0 radical (unpaired) electrons. The van der Waals surface area contributed by atoms with Crippen molar-refractivity contribution in [2.75, 3.05) is 0 Å². The van der Waals surface area contributed by atoms with Crippen molar-refractivity contribution in [3.8, 4) is 0 Å². The number of rotatable bonds is 4. The first-order valence-corrected chi connectivity index (χ1v) is 8.00. The van der Waals surface area contributed by atoms with Crippen LogP contribution in [0.25, 0.3) is 0 Å². The highest BCUT2D eigenvalue weighted by Gasteiger charge is 2.38. The van der Waals surface area contributed by atoms with Crippen molar-refractivity contribution in [1.82, 2.24) is 19.7 Å². The minimum atomic E-state index is -0.272. The van der Waals surface area contributed by atoms with E-state index in [4.69, 9.17) is 0 Å². The number of amides is 2. The summed E-state index contributed by atoms with van der Waals surface area (Å²) in [5.74, 6) is -0.449. The molecule has 0 saturated carbocycles. The van der Waals surface area contributed by atoms with Gasteiger partial charge in [-0.15, -0.1) is 11.3 Å². The highest BCUT2D eigenvalue weighted by atomic mass is 32.1. The molecule has 0 unspecified atom stereocenters. The molecule has 1 aliphatic rings. The van der Waals surface area contributed by atoms with Crippen molar-refractivity contribution in [2.45, 2.75) is 33.2 Å². The molecule has 1 fully saturated rings. The maximum absolute atomic E-state index is 12.5. The fourth-order valence-electron chi connectivity index (χ4n) is 2.80. The maximum Gasteiger partial charge on any atom is 0.233 e. The molecule has 0 aromatic carbocycles. The Balaban J connectivity index is 1.72. The maximum atomic E-state index is 12.5. The molecule has 2 aromatic heterocycles. The van der Waals surface area contributed by atoms with Crippen molar-refractivity contribution < 1.29 is 9.59 Å². The molecule has 3 rings (SSSR count). The zero-order chi connectivity index (χ0) is 15.9. The summed E-state index contributed by atoms with van der Waals surface area (Å²) in [6, 6.07) is 0. The third kappa shape index (κ3) is 2.81. The van der Waals surface area contributed by atoms with Gasteiger partial charge in [0.15, 0.2) is 0 Å². The number of carbonyl (C=O) groups excluding carboxylic acids is 2. The van der Waals surface area contributed by atoms with Gasteiger partial charge in [0.1, 0.15) is 0 Å². The first-order valence-electron chi connectivity index (χ1n) is 7.18. The molecule has 6 nitrogen and oxygen atoms in total. The van der Waals surface area contributed by atoms with E-state index in [1.807, 2.05) is 27.1 Å². The summed E-state index contributed by atoms with van der Waals surface area (Å²) < 4.78 is 1.71. The molecule has 3 heterocycles. The van der Waals surface area contributed by atoms with Gasteiger partial charge in [0.05, 0.1) is 29.4 Å². The summed E-state index contributed by atoms with van der Waals surface area (Å²) >= 11 is 1.54. The van der Waals surface area contributed by atoms with Gasteiger partial charge in [-0.1, -0.05) is 0 Å². The number of aryl methyl sites for hydroxylation is 3. The Morgan fingerprint density at radius 3 is 2.73 bits per heavy atom. The molecule has 1 saturated heterocycles. The van der Waals surface area contributed by atoms with E-state index in [1.165, 1.54) is 4.90 Å². The number of hydrogen-bond acceptors (Lipinski definition) is 5. The second kappa shape index (κ2) is 5.64. The van der Waals surface area contributed by atoms with Gasteiger partial charge < -0.3 is 0 Å². The smallest absolute Gasteiger partial charge is 0.233 e. The van der Waals surface area contributed by atoms with Gasteiger partial charge in [0.25, 0.3) is 0 Å². The van der Waals surface area contributed by atoms with Crippen molar-refractivity contribution in [3.63, 3.8) is 0 Å². The largest absolute Gasteiger partial charge is 0.277 e. The SMILES string of the molecule is Cc1nc(C)c(CN2C(=O)C[C@H](Cc3cnn(C)c3)C2=O)s1. The van der Waals surface area contributed by atoms with Gasteiger partial charge >= 0.3 is 0 Å². The summed E-state index contributed by atoms with van der Waals surface area (Å²) in [4.78, 5) is 31.4. The van der Waals surface area contributed by atoms with Crippen LogP contribution in [0.3, 0.4) is 0 Å². The first-order chi connectivity index (χ1) is 10.4. The highest BCUT2D eigenvalue weighted by Crippen LogP contribution is 2.27. The first kappa shape index (κ1) is 14.9. The molecule has 116 valence electrons. The number of imide groups is 1. The number of likely N-dealkylation sites (tertiary alicyclic amines) is 1. The van der Waals surface area contributed by atoms with E-state index in [2.05, 4.69) is 10.1 Å². The molecule has 0 spiro atoms. The predicted molar refractivity (Wildman–Crippen MR) is 82.2 cm³/mol. The second-order valence-electron chi connectivity index (χ2n) is 5.69. The van der Waals surface area contributed by atoms with E-state index in [0.717, 1.165) is 21.1 Å². The van der Waals surface area contributed by atoms with E-state index in [-0.39, 0.29) is 24.2 Å². The topological polar surface area (TPSA) is 68.1 Å². The average Bonchev–Trinajstić information content (AvgIpc) is 3.06. The summed E-state index contributed by atoms with van der Waals surface area (Å²) in [6.07, 6.45) is 4.48. The van der Waals surface area contributed by atoms with Gasteiger partial charge in [0, 0.05) is 24.5 Å². The van der Waals surface area contributed by atoms with Crippen LogP contribution < -0.4 is 0 Å². The molecule has 7 heteroatoms. The quantitative estimate of drug-likeness (QED) is 0.803. The third-order valence-electron chi connectivity index (χ3n) is 3.88. The molecular formula is C15H18N4O2S.